The van der Waals surface area contributed by atoms with Crippen LogP contribution in [0.15, 0.2) is 60.9 Å². The summed E-state index contributed by atoms with van der Waals surface area (Å²) in [6.45, 7) is 10.7. The first-order valence-corrected chi connectivity index (χ1v) is 16.1. The van der Waals surface area contributed by atoms with Crippen molar-refractivity contribution in [3.05, 3.63) is 77.7 Å². The number of hydrogen-bond acceptors (Lipinski definition) is 6. The summed E-state index contributed by atoms with van der Waals surface area (Å²) in [5.74, 6) is 0.0115. The number of fused-ring (bicyclic) bond motifs is 1. The van der Waals surface area contributed by atoms with Crippen LogP contribution in [-0.2, 0) is 22.2 Å². The van der Waals surface area contributed by atoms with Gasteiger partial charge in [-0.25, -0.2) is 14.5 Å². The molecule has 1 fully saturated rings. The average molecular weight is 661 g/mol. The van der Waals surface area contributed by atoms with Crippen molar-refractivity contribution in [2.75, 3.05) is 13.2 Å². The van der Waals surface area contributed by atoms with Gasteiger partial charge in [-0.05, 0) is 82.7 Å². The van der Waals surface area contributed by atoms with E-state index in [0.717, 1.165) is 47.0 Å². The van der Waals surface area contributed by atoms with Gasteiger partial charge in [0.1, 0.15) is 22.7 Å². The van der Waals surface area contributed by atoms with Crippen LogP contribution in [0.2, 0.25) is 0 Å². The molecule has 1 aliphatic heterocycles. The summed E-state index contributed by atoms with van der Waals surface area (Å²) in [5.41, 5.74) is 2.98. The van der Waals surface area contributed by atoms with Crippen LogP contribution in [0.4, 0.5) is 18.0 Å². The van der Waals surface area contributed by atoms with Crippen molar-refractivity contribution in [1.29, 1.82) is 0 Å². The number of rotatable bonds is 7. The highest BCUT2D eigenvalue weighted by Gasteiger charge is 2.38. The summed E-state index contributed by atoms with van der Waals surface area (Å²) < 4.78 is 56.4. The molecule has 0 bridgehead atoms. The number of aromatic nitrogens is 5. The minimum atomic E-state index is -4.67. The molecule has 1 amide bonds. The van der Waals surface area contributed by atoms with Crippen LogP contribution in [0.25, 0.3) is 44.8 Å². The molecular weight excluding hydrogens is 621 g/mol. The van der Waals surface area contributed by atoms with Crippen LogP contribution in [-0.4, -0.2) is 54.5 Å². The number of ether oxygens (including phenoxy) is 2. The van der Waals surface area contributed by atoms with E-state index in [4.69, 9.17) is 14.6 Å². The fourth-order valence-corrected chi connectivity index (χ4v) is 5.97. The van der Waals surface area contributed by atoms with E-state index >= 15 is 0 Å². The van der Waals surface area contributed by atoms with E-state index < -0.39 is 23.6 Å². The Morgan fingerprint density at radius 3 is 2.50 bits per heavy atom. The number of hydrogen-bond donors (Lipinski definition) is 1. The topological polar surface area (TPSA) is 98.2 Å². The van der Waals surface area contributed by atoms with Crippen LogP contribution < -0.4 is 0 Å². The SMILES string of the molecule is CCN(Cc1cncc(-c2ccc3c(c2)c(-c2nc(-c4ccccc4)c(C(F)(F)F)[nH]2)nn3C2CCCCO2)c1C)C(=O)OC(C)(C)C. The fraction of sp³-hybridized carbons (Fsp3) is 0.389. The maximum absolute atomic E-state index is 14.3. The molecule has 0 spiro atoms. The van der Waals surface area contributed by atoms with Crippen molar-refractivity contribution in [3.8, 4) is 33.9 Å². The molecule has 1 unspecified atom stereocenters. The van der Waals surface area contributed by atoms with E-state index in [9.17, 15) is 18.0 Å². The highest BCUT2D eigenvalue weighted by atomic mass is 19.4. The lowest BCUT2D eigenvalue weighted by Gasteiger charge is -2.27. The van der Waals surface area contributed by atoms with Crippen LogP contribution >= 0.6 is 0 Å². The van der Waals surface area contributed by atoms with Gasteiger partial charge < -0.3 is 19.4 Å². The molecule has 4 heterocycles. The number of alkyl halides is 3. The van der Waals surface area contributed by atoms with Crippen molar-refractivity contribution in [3.63, 3.8) is 0 Å². The Labute approximate surface area is 277 Å². The number of nitrogens with zero attached hydrogens (tertiary/aromatic N) is 5. The van der Waals surface area contributed by atoms with Gasteiger partial charge in [-0.3, -0.25) is 4.98 Å². The number of carbonyl (C=O) groups excluding carboxylic acids is 1. The lowest BCUT2D eigenvalue weighted by atomic mass is 9.97. The standard InChI is InChI=1S/C36H39F3N6O3/c1-6-44(34(46)48-35(3,4)5)21-25-19-40-20-27(22(25)2)24-15-16-28-26(18-24)31(43-45(28)29-14-10-11-17-47-29)33-41-30(23-12-8-7-9-13-23)32(42-33)36(37,38)39/h7-9,12-13,15-16,18-20,29H,6,10-11,14,17,21H2,1-5H3,(H,41,42). The predicted octanol–water partition coefficient (Wildman–Crippen LogP) is 8.94. The third-order valence-corrected chi connectivity index (χ3v) is 8.42. The number of aromatic amines is 1. The molecule has 2 aromatic carbocycles. The fourth-order valence-electron chi connectivity index (χ4n) is 5.97. The Hall–Kier alpha value is -4.71. The van der Waals surface area contributed by atoms with Gasteiger partial charge in [-0.1, -0.05) is 36.4 Å². The second-order valence-electron chi connectivity index (χ2n) is 13.0. The van der Waals surface area contributed by atoms with Gasteiger partial charge in [0.05, 0.1) is 12.1 Å². The minimum absolute atomic E-state index is 0.0115. The predicted molar refractivity (Wildman–Crippen MR) is 177 cm³/mol. The lowest BCUT2D eigenvalue weighted by Crippen LogP contribution is -2.36. The number of halogens is 3. The number of H-pyrrole nitrogens is 1. The van der Waals surface area contributed by atoms with E-state index in [1.54, 1.807) is 52.3 Å². The molecule has 1 atom stereocenters. The Kier molecular flexibility index (Phi) is 9.04. The van der Waals surface area contributed by atoms with Crippen molar-refractivity contribution >= 4 is 17.0 Å². The van der Waals surface area contributed by atoms with E-state index in [0.29, 0.717) is 30.6 Å². The molecule has 1 saturated heterocycles. The van der Waals surface area contributed by atoms with Crippen LogP contribution in [0, 0.1) is 6.92 Å². The molecule has 9 nitrogen and oxygen atoms in total. The van der Waals surface area contributed by atoms with E-state index in [2.05, 4.69) is 15.0 Å². The summed E-state index contributed by atoms with van der Waals surface area (Å²) in [7, 11) is 0. The maximum atomic E-state index is 14.3. The Morgan fingerprint density at radius 2 is 1.83 bits per heavy atom. The zero-order valence-electron chi connectivity index (χ0n) is 27.7. The zero-order valence-corrected chi connectivity index (χ0v) is 27.7. The van der Waals surface area contributed by atoms with Crippen LogP contribution in [0.1, 0.15) is 70.0 Å². The van der Waals surface area contributed by atoms with Crippen molar-refractivity contribution in [2.45, 2.75) is 78.4 Å². The van der Waals surface area contributed by atoms with Crippen molar-refractivity contribution < 1.29 is 27.4 Å². The second kappa shape index (κ2) is 13.1. The van der Waals surface area contributed by atoms with Crippen LogP contribution in [0.5, 0.6) is 0 Å². The number of carbonyl (C=O) groups is 1. The summed E-state index contributed by atoms with van der Waals surface area (Å²) in [4.78, 5) is 26.0. The minimum Gasteiger partial charge on any atom is -0.444 e. The maximum Gasteiger partial charge on any atom is 0.433 e. The molecule has 0 aliphatic carbocycles. The third-order valence-electron chi connectivity index (χ3n) is 8.42. The molecule has 0 radical (unpaired) electrons. The molecule has 12 heteroatoms. The molecule has 6 rings (SSSR count). The van der Waals surface area contributed by atoms with E-state index in [1.165, 1.54) is 0 Å². The molecule has 48 heavy (non-hydrogen) atoms. The highest BCUT2D eigenvalue weighted by Crippen LogP contribution is 2.40. The smallest absolute Gasteiger partial charge is 0.433 e. The molecule has 252 valence electrons. The number of benzene rings is 2. The van der Waals surface area contributed by atoms with Gasteiger partial charge in [0, 0.05) is 42.1 Å². The number of pyridine rings is 1. The molecule has 3 aromatic heterocycles. The van der Waals surface area contributed by atoms with E-state index in [-0.39, 0.29) is 23.4 Å². The number of nitrogens with one attached hydrogen (secondary N) is 1. The van der Waals surface area contributed by atoms with Gasteiger partial charge in [0.15, 0.2) is 12.1 Å². The molecule has 5 aromatic rings. The quantitative estimate of drug-likeness (QED) is 0.187. The van der Waals surface area contributed by atoms with Gasteiger partial charge in [0.25, 0.3) is 0 Å². The first-order chi connectivity index (χ1) is 22.8. The van der Waals surface area contributed by atoms with Gasteiger partial charge >= 0.3 is 12.3 Å². The Bertz CT molecular complexity index is 1920. The Balaban J connectivity index is 1.46. The first kappa shape index (κ1) is 33.2. The highest BCUT2D eigenvalue weighted by molar-refractivity contribution is 5.95. The summed E-state index contributed by atoms with van der Waals surface area (Å²) in [6.07, 6.45) is 0.674. The number of imidazole rings is 1. The molecule has 1 aliphatic rings. The van der Waals surface area contributed by atoms with Gasteiger partial charge in [-0.2, -0.15) is 18.3 Å². The molecule has 1 N–H and O–H groups in total. The Morgan fingerprint density at radius 1 is 1.06 bits per heavy atom. The zero-order chi connectivity index (χ0) is 34.2. The van der Waals surface area contributed by atoms with Crippen molar-refractivity contribution in [1.82, 2.24) is 29.6 Å². The van der Waals surface area contributed by atoms with Gasteiger partial charge in [-0.15, -0.1) is 0 Å². The molecule has 0 saturated carbocycles. The van der Waals surface area contributed by atoms with E-state index in [1.807, 2.05) is 52.8 Å². The molecular formula is C36H39F3N6O3. The van der Waals surface area contributed by atoms with Gasteiger partial charge in [0.2, 0.25) is 0 Å². The monoisotopic (exact) mass is 660 g/mol. The second-order valence-corrected chi connectivity index (χ2v) is 13.0. The third kappa shape index (κ3) is 6.80. The largest absolute Gasteiger partial charge is 0.444 e. The van der Waals surface area contributed by atoms with Crippen molar-refractivity contribution in [2.24, 2.45) is 0 Å². The average Bonchev–Trinajstić information content (AvgIpc) is 3.67. The number of amides is 1. The summed E-state index contributed by atoms with van der Waals surface area (Å²) in [6, 6.07) is 14.1. The van der Waals surface area contributed by atoms with Crippen LogP contribution in [0.3, 0.4) is 0 Å². The summed E-state index contributed by atoms with van der Waals surface area (Å²) in [5, 5.41) is 5.47. The summed E-state index contributed by atoms with van der Waals surface area (Å²) >= 11 is 0. The lowest BCUT2D eigenvalue weighted by molar-refractivity contribution is -0.140. The normalized spacial score (nSPS) is 15.5. The first-order valence-electron chi connectivity index (χ1n) is 16.1.